The zero-order valence-electron chi connectivity index (χ0n) is 8.04. The highest BCUT2D eigenvalue weighted by atomic mass is 32.1. The molecule has 1 aromatic heterocycles. The van der Waals surface area contributed by atoms with E-state index in [9.17, 15) is 4.79 Å². The van der Waals surface area contributed by atoms with Gasteiger partial charge in [-0.15, -0.1) is 5.10 Å². The molecule has 0 saturated carbocycles. The highest BCUT2D eigenvalue weighted by molar-refractivity contribution is 7.03. The van der Waals surface area contributed by atoms with E-state index in [4.69, 9.17) is 5.26 Å². The van der Waals surface area contributed by atoms with Gasteiger partial charge >= 0.3 is 0 Å². The SMILES string of the molecule is N#Cc1ccccc1NC(=O)c1csnn1. The van der Waals surface area contributed by atoms with E-state index in [2.05, 4.69) is 14.9 Å². The minimum Gasteiger partial charge on any atom is -0.319 e. The first-order valence-electron chi connectivity index (χ1n) is 4.39. The number of anilines is 1. The number of carbonyl (C=O) groups excluding carboxylic acids is 1. The maximum absolute atomic E-state index is 11.6. The molecule has 1 heterocycles. The fourth-order valence-electron chi connectivity index (χ4n) is 1.14. The number of aromatic nitrogens is 2. The molecule has 0 fully saturated rings. The van der Waals surface area contributed by atoms with Gasteiger partial charge in [0.2, 0.25) is 0 Å². The molecular weight excluding hydrogens is 224 g/mol. The maximum atomic E-state index is 11.6. The third-order valence-corrected chi connectivity index (χ3v) is 2.39. The van der Waals surface area contributed by atoms with Crippen LogP contribution in [0.2, 0.25) is 0 Å². The number of benzene rings is 1. The molecule has 0 aliphatic carbocycles. The Bertz CT molecular complexity index is 544. The van der Waals surface area contributed by atoms with Gasteiger partial charge in [0.05, 0.1) is 11.3 Å². The normalized spacial score (nSPS) is 9.44. The van der Waals surface area contributed by atoms with Crippen molar-refractivity contribution in [2.24, 2.45) is 0 Å². The molecular formula is C10H6N4OS. The molecule has 1 N–H and O–H groups in total. The Morgan fingerprint density at radius 3 is 2.94 bits per heavy atom. The number of nitrogens with zero attached hydrogens (tertiary/aromatic N) is 3. The third-order valence-electron chi connectivity index (χ3n) is 1.89. The van der Waals surface area contributed by atoms with Crippen LogP contribution in [-0.4, -0.2) is 15.5 Å². The van der Waals surface area contributed by atoms with E-state index in [0.717, 1.165) is 11.5 Å². The van der Waals surface area contributed by atoms with Crippen LogP contribution < -0.4 is 5.32 Å². The quantitative estimate of drug-likeness (QED) is 0.850. The van der Waals surface area contributed by atoms with Crippen molar-refractivity contribution in [1.29, 1.82) is 5.26 Å². The van der Waals surface area contributed by atoms with Crippen LogP contribution in [0.15, 0.2) is 29.6 Å². The van der Waals surface area contributed by atoms with E-state index >= 15 is 0 Å². The van der Waals surface area contributed by atoms with Gasteiger partial charge in [-0.2, -0.15) is 5.26 Å². The summed E-state index contributed by atoms with van der Waals surface area (Å²) in [7, 11) is 0. The van der Waals surface area contributed by atoms with Crippen LogP contribution in [0.5, 0.6) is 0 Å². The van der Waals surface area contributed by atoms with Crippen LogP contribution in [0.3, 0.4) is 0 Å². The summed E-state index contributed by atoms with van der Waals surface area (Å²) in [5, 5.41) is 16.6. The van der Waals surface area contributed by atoms with Crippen molar-refractivity contribution >= 4 is 23.1 Å². The smallest absolute Gasteiger partial charge is 0.277 e. The first kappa shape index (κ1) is 10.3. The van der Waals surface area contributed by atoms with Gasteiger partial charge < -0.3 is 5.32 Å². The topological polar surface area (TPSA) is 78.7 Å². The summed E-state index contributed by atoms with van der Waals surface area (Å²) in [4.78, 5) is 11.6. The highest BCUT2D eigenvalue weighted by Gasteiger charge is 2.10. The van der Waals surface area contributed by atoms with Crippen LogP contribution in [0, 0.1) is 11.3 Å². The van der Waals surface area contributed by atoms with Gasteiger partial charge in [-0.1, -0.05) is 16.6 Å². The molecule has 78 valence electrons. The summed E-state index contributed by atoms with van der Waals surface area (Å²) in [6, 6.07) is 8.78. The molecule has 6 heteroatoms. The zero-order valence-corrected chi connectivity index (χ0v) is 8.86. The molecule has 0 bridgehead atoms. The summed E-state index contributed by atoms with van der Waals surface area (Å²) >= 11 is 1.10. The van der Waals surface area contributed by atoms with Crippen molar-refractivity contribution in [1.82, 2.24) is 9.59 Å². The zero-order chi connectivity index (χ0) is 11.4. The van der Waals surface area contributed by atoms with Gasteiger partial charge in [-0.05, 0) is 23.7 Å². The van der Waals surface area contributed by atoms with Crippen LogP contribution >= 0.6 is 11.5 Å². The fraction of sp³-hybridized carbons (Fsp3) is 0. The molecule has 1 amide bonds. The van der Waals surface area contributed by atoms with Crippen LogP contribution in [-0.2, 0) is 0 Å². The minimum absolute atomic E-state index is 0.248. The van der Waals surface area contributed by atoms with E-state index < -0.39 is 0 Å². The summed E-state index contributed by atoms with van der Waals surface area (Å²) < 4.78 is 3.59. The molecule has 5 nitrogen and oxygen atoms in total. The molecule has 0 atom stereocenters. The average molecular weight is 230 g/mol. The molecule has 0 unspecified atom stereocenters. The Hall–Kier alpha value is -2.26. The van der Waals surface area contributed by atoms with Crippen LogP contribution in [0.25, 0.3) is 0 Å². The lowest BCUT2D eigenvalue weighted by atomic mass is 10.2. The van der Waals surface area contributed by atoms with E-state index in [-0.39, 0.29) is 11.6 Å². The molecule has 0 radical (unpaired) electrons. The van der Waals surface area contributed by atoms with Crippen molar-refractivity contribution in [2.45, 2.75) is 0 Å². The lowest BCUT2D eigenvalue weighted by molar-refractivity contribution is 0.102. The molecule has 0 aliphatic heterocycles. The fourth-order valence-corrected chi connectivity index (χ4v) is 1.58. The highest BCUT2D eigenvalue weighted by Crippen LogP contribution is 2.14. The molecule has 16 heavy (non-hydrogen) atoms. The molecule has 0 spiro atoms. The summed E-state index contributed by atoms with van der Waals surface area (Å²) in [6.07, 6.45) is 0. The number of rotatable bonds is 2. The average Bonchev–Trinajstić information content (AvgIpc) is 2.83. The Morgan fingerprint density at radius 1 is 1.44 bits per heavy atom. The van der Waals surface area contributed by atoms with Gasteiger partial charge in [-0.25, -0.2) is 0 Å². The van der Waals surface area contributed by atoms with Gasteiger partial charge in [0.1, 0.15) is 6.07 Å². The molecule has 1 aromatic carbocycles. The van der Waals surface area contributed by atoms with Gasteiger partial charge in [0.25, 0.3) is 5.91 Å². The standard InChI is InChI=1S/C10H6N4OS/c11-5-7-3-1-2-4-8(7)12-10(15)9-6-16-14-13-9/h1-4,6H,(H,12,15). The number of para-hydroxylation sites is 1. The van der Waals surface area contributed by atoms with Crippen LogP contribution in [0.4, 0.5) is 5.69 Å². The monoisotopic (exact) mass is 230 g/mol. The van der Waals surface area contributed by atoms with E-state index in [0.29, 0.717) is 11.3 Å². The second-order valence-electron chi connectivity index (χ2n) is 2.90. The molecule has 0 saturated heterocycles. The third kappa shape index (κ3) is 2.04. The van der Waals surface area contributed by atoms with Gasteiger partial charge in [0, 0.05) is 5.38 Å². The van der Waals surface area contributed by atoms with Crippen molar-refractivity contribution in [2.75, 3.05) is 5.32 Å². The Labute approximate surface area is 95.5 Å². The first-order chi connectivity index (χ1) is 7.81. The van der Waals surface area contributed by atoms with Gasteiger partial charge in [0.15, 0.2) is 5.69 Å². The summed E-state index contributed by atoms with van der Waals surface area (Å²) in [6.45, 7) is 0. The largest absolute Gasteiger partial charge is 0.319 e. The number of hydrogen-bond acceptors (Lipinski definition) is 5. The Morgan fingerprint density at radius 2 is 2.25 bits per heavy atom. The number of carbonyl (C=O) groups is 1. The maximum Gasteiger partial charge on any atom is 0.277 e. The summed E-state index contributed by atoms with van der Waals surface area (Å²) in [5.41, 5.74) is 1.14. The predicted molar refractivity (Wildman–Crippen MR) is 59.0 cm³/mol. The number of nitriles is 1. The molecule has 2 rings (SSSR count). The first-order valence-corrected chi connectivity index (χ1v) is 5.22. The number of amides is 1. The number of nitrogens with one attached hydrogen (secondary N) is 1. The van der Waals surface area contributed by atoms with Gasteiger partial charge in [-0.3, -0.25) is 4.79 Å². The second kappa shape index (κ2) is 4.51. The molecule has 0 aliphatic rings. The predicted octanol–water partition coefficient (Wildman–Crippen LogP) is 1.66. The van der Waals surface area contributed by atoms with E-state index in [1.807, 2.05) is 6.07 Å². The van der Waals surface area contributed by atoms with Crippen molar-refractivity contribution in [3.63, 3.8) is 0 Å². The van der Waals surface area contributed by atoms with Crippen molar-refractivity contribution in [3.05, 3.63) is 40.9 Å². The van der Waals surface area contributed by atoms with E-state index in [1.54, 1.807) is 29.6 Å². The Kier molecular flexibility index (Phi) is 2.89. The second-order valence-corrected chi connectivity index (χ2v) is 3.51. The van der Waals surface area contributed by atoms with E-state index in [1.165, 1.54) is 0 Å². The molecule has 2 aromatic rings. The van der Waals surface area contributed by atoms with Crippen LogP contribution in [0.1, 0.15) is 16.1 Å². The lowest BCUT2D eigenvalue weighted by Crippen LogP contribution is -2.13. The minimum atomic E-state index is -0.364. The number of hydrogen-bond donors (Lipinski definition) is 1. The Balaban J connectivity index is 2.22. The lowest BCUT2D eigenvalue weighted by Gasteiger charge is -2.03. The van der Waals surface area contributed by atoms with Crippen molar-refractivity contribution < 1.29 is 4.79 Å². The summed E-state index contributed by atoms with van der Waals surface area (Å²) in [5.74, 6) is -0.364. The van der Waals surface area contributed by atoms with Crippen molar-refractivity contribution in [3.8, 4) is 6.07 Å².